The molecule has 7 nitrogen and oxygen atoms in total. The Labute approximate surface area is 176 Å². The van der Waals surface area contributed by atoms with Gasteiger partial charge in [0.05, 0.1) is 6.20 Å². The predicted molar refractivity (Wildman–Crippen MR) is 112 cm³/mol. The maximum atomic E-state index is 12.9. The molecule has 1 aromatic heterocycles. The Morgan fingerprint density at radius 3 is 2.83 bits per heavy atom. The van der Waals surface area contributed by atoms with Crippen LogP contribution in [0.5, 0.6) is 0 Å². The fraction of sp³-hybridized carbons (Fsp3) is 0.429. The summed E-state index contributed by atoms with van der Waals surface area (Å²) in [4.78, 5) is 23.4. The average Bonchev–Trinajstić information content (AvgIpc) is 3.20. The standard InChI is InChI=1S/C21H25ClN6O/c1-15(2)13-28(20-18(22)12-24-19(11-23)25-20)26-21(29)17-7-5-6-16(10-17)14-27-8-3-4-9-27/h5-7,10,12,15H,3-4,8-9,13-14H2,1-2H3,(H,26,29). The Balaban J connectivity index is 1.79. The van der Waals surface area contributed by atoms with E-state index in [1.54, 1.807) is 11.1 Å². The monoisotopic (exact) mass is 412 g/mol. The van der Waals surface area contributed by atoms with Crippen molar-refractivity contribution in [3.63, 3.8) is 0 Å². The maximum Gasteiger partial charge on any atom is 0.269 e. The summed E-state index contributed by atoms with van der Waals surface area (Å²) in [5.74, 6) is 0.295. The highest BCUT2D eigenvalue weighted by atomic mass is 35.5. The second-order valence-electron chi connectivity index (χ2n) is 7.61. The molecule has 1 aliphatic rings. The van der Waals surface area contributed by atoms with Crippen molar-refractivity contribution < 1.29 is 4.79 Å². The smallest absolute Gasteiger partial charge is 0.269 e. The molecule has 1 aliphatic heterocycles. The highest BCUT2D eigenvalue weighted by Gasteiger charge is 2.19. The van der Waals surface area contributed by atoms with Gasteiger partial charge in [0.15, 0.2) is 5.82 Å². The number of amides is 1. The second-order valence-corrected chi connectivity index (χ2v) is 8.01. The maximum absolute atomic E-state index is 12.9. The van der Waals surface area contributed by atoms with Crippen molar-refractivity contribution in [2.24, 2.45) is 5.92 Å². The van der Waals surface area contributed by atoms with Crippen LogP contribution in [0, 0.1) is 17.2 Å². The summed E-state index contributed by atoms with van der Waals surface area (Å²) in [7, 11) is 0. The Morgan fingerprint density at radius 2 is 2.14 bits per heavy atom. The van der Waals surface area contributed by atoms with Gasteiger partial charge in [-0.1, -0.05) is 37.6 Å². The first-order chi connectivity index (χ1) is 14.0. The topological polar surface area (TPSA) is 85.2 Å². The van der Waals surface area contributed by atoms with E-state index in [2.05, 4.69) is 20.3 Å². The Kier molecular flexibility index (Phi) is 7.02. The number of rotatable bonds is 7. The first-order valence-corrected chi connectivity index (χ1v) is 10.2. The van der Waals surface area contributed by atoms with Crippen LogP contribution in [-0.4, -0.2) is 40.4 Å². The van der Waals surface area contributed by atoms with Gasteiger partial charge >= 0.3 is 0 Å². The third-order valence-electron chi connectivity index (χ3n) is 4.66. The highest BCUT2D eigenvalue weighted by Crippen LogP contribution is 2.22. The lowest BCUT2D eigenvalue weighted by Crippen LogP contribution is -2.45. The average molecular weight is 413 g/mol. The Morgan fingerprint density at radius 1 is 1.38 bits per heavy atom. The Hall–Kier alpha value is -2.69. The zero-order valence-corrected chi connectivity index (χ0v) is 17.5. The third-order valence-corrected chi connectivity index (χ3v) is 4.93. The van der Waals surface area contributed by atoms with E-state index in [1.165, 1.54) is 19.0 Å². The summed E-state index contributed by atoms with van der Waals surface area (Å²) in [5, 5.41) is 11.0. The van der Waals surface area contributed by atoms with Gasteiger partial charge in [-0.3, -0.25) is 20.1 Å². The molecule has 152 valence electrons. The first kappa shape index (κ1) is 21.0. The molecule has 2 heterocycles. The fourth-order valence-corrected chi connectivity index (χ4v) is 3.54. The molecule has 0 saturated carbocycles. The normalized spacial score (nSPS) is 14.0. The van der Waals surface area contributed by atoms with E-state index >= 15 is 0 Å². The number of anilines is 1. The second kappa shape index (κ2) is 9.68. The number of halogens is 1. The van der Waals surface area contributed by atoms with Gasteiger partial charge in [0.1, 0.15) is 11.1 Å². The van der Waals surface area contributed by atoms with Crippen LogP contribution < -0.4 is 10.4 Å². The van der Waals surface area contributed by atoms with E-state index in [1.807, 2.05) is 38.1 Å². The quantitative estimate of drug-likeness (QED) is 0.701. The number of nitrogens with one attached hydrogen (secondary N) is 1. The van der Waals surface area contributed by atoms with Crippen LogP contribution in [0.25, 0.3) is 0 Å². The molecule has 1 saturated heterocycles. The number of carbonyl (C=O) groups is 1. The van der Waals surface area contributed by atoms with Crippen LogP contribution >= 0.6 is 11.6 Å². The largest absolute Gasteiger partial charge is 0.299 e. The number of likely N-dealkylation sites (tertiary alicyclic amines) is 1. The van der Waals surface area contributed by atoms with Crippen molar-refractivity contribution in [2.75, 3.05) is 24.6 Å². The number of nitriles is 1. The van der Waals surface area contributed by atoms with Gasteiger partial charge in [-0.2, -0.15) is 10.2 Å². The van der Waals surface area contributed by atoms with E-state index in [0.717, 1.165) is 25.2 Å². The van der Waals surface area contributed by atoms with Crippen LogP contribution in [0.15, 0.2) is 30.5 Å². The van der Waals surface area contributed by atoms with Crippen LogP contribution in [0.3, 0.4) is 0 Å². The van der Waals surface area contributed by atoms with Crippen molar-refractivity contribution in [2.45, 2.75) is 33.2 Å². The van der Waals surface area contributed by atoms with Crippen LogP contribution in [-0.2, 0) is 6.54 Å². The first-order valence-electron chi connectivity index (χ1n) is 9.78. The number of nitrogens with zero attached hydrogens (tertiary/aromatic N) is 5. The molecule has 1 N–H and O–H groups in total. The van der Waals surface area contributed by atoms with Gasteiger partial charge < -0.3 is 0 Å². The summed E-state index contributed by atoms with van der Waals surface area (Å²) >= 11 is 6.25. The number of carbonyl (C=O) groups excluding carboxylic acids is 1. The van der Waals surface area contributed by atoms with Gasteiger partial charge in [0.25, 0.3) is 5.91 Å². The molecular formula is C21H25ClN6O. The van der Waals surface area contributed by atoms with E-state index in [-0.39, 0.29) is 22.7 Å². The van der Waals surface area contributed by atoms with E-state index < -0.39 is 0 Å². The number of hydrogen-bond donors (Lipinski definition) is 1. The summed E-state index contributed by atoms with van der Waals surface area (Å²) in [6, 6.07) is 9.56. The van der Waals surface area contributed by atoms with E-state index in [0.29, 0.717) is 17.9 Å². The molecule has 0 spiro atoms. The minimum atomic E-state index is -0.248. The van der Waals surface area contributed by atoms with Gasteiger partial charge in [0, 0.05) is 18.7 Å². The van der Waals surface area contributed by atoms with E-state index in [9.17, 15) is 4.79 Å². The van der Waals surface area contributed by atoms with Gasteiger partial charge in [-0.25, -0.2) is 4.98 Å². The third kappa shape index (κ3) is 5.66. The molecule has 3 rings (SSSR count). The lowest BCUT2D eigenvalue weighted by Gasteiger charge is -2.26. The molecule has 0 unspecified atom stereocenters. The number of benzene rings is 1. The van der Waals surface area contributed by atoms with Crippen molar-refractivity contribution in [1.29, 1.82) is 5.26 Å². The molecule has 1 fully saturated rings. The molecule has 8 heteroatoms. The molecule has 0 aliphatic carbocycles. The van der Waals surface area contributed by atoms with Crippen LogP contribution in [0.4, 0.5) is 5.82 Å². The van der Waals surface area contributed by atoms with Crippen molar-refractivity contribution in [3.8, 4) is 6.07 Å². The lowest BCUT2D eigenvalue weighted by molar-refractivity contribution is 0.0947. The molecule has 0 bridgehead atoms. The lowest BCUT2D eigenvalue weighted by atomic mass is 10.1. The van der Waals surface area contributed by atoms with Crippen LogP contribution in [0.1, 0.15) is 48.4 Å². The zero-order valence-electron chi connectivity index (χ0n) is 16.7. The predicted octanol–water partition coefficient (Wildman–Crippen LogP) is 3.40. The van der Waals surface area contributed by atoms with Crippen molar-refractivity contribution >= 4 is 23.3 Å². The molecule has 29 heavy (non-hydrogen) atoms. The van der Waals surface area contributed by atoms with Gasteiger partial charge in [-0.05, 0) is 49.5 Å². The molecule has 1 aromatic carbocycles. The summed E-state index contributed by atoms with van der Waals surface area (Å²) in [6.07, 6.45) is 3.84. The molecule has 1 amide bonds. The molecule has 2 aromatic rings. The number of hydrogen-bond acceptors (Lipinski definition) is 6. The Bertz CT molecular complexity index is 904. The minimum Gasteiger partial charge on any atom is -0.299 e. The SMILES string of the molecule is CC(C)CN(NC(=O)c1cccc(CN2CCCC2)c1)c1nc(C#N)ncc1Cl. The fourth-order valence-electron chi connectivity index (χ4n) is 3.35. The van der Waals surface area contributed by atoms with Gasteiger partial charge in [-0.15, -0.1) is 0 Å². The highest BCUT2D eigenvalue weighted by molar-refractivity contribution is 6.32. The van der Waals surface area contributed by atoms with E-state index in [4.69, 9.17) is 16.9 Å². The molecule has 0 atom stereocenters. The summed E-state index contributed by atoms with van der Waals surface area (Å²) in [5.41, 5.74) is 4.57. The van der Waals surface area contributed by atoms with Gasteiger partial charge in [0.2, 0.25) is 5.82 Å². The number of aromatic nitrogens is 2. The zero-order chi connectivity index (χ0) is 20.8. The van der Waals surface area contributed by atoms with Crippen molar-refractivity contribution in [1.82, 2.24) is 20.3 Å². The minimum absolute atomic E-state index is 0.0000145. The summed E-state index contributed by atoms with van der Waals surface area (Å²) < 4.78 is 0. The molecular weight excluding hydrogens is 388 g/mol. The van der Waals surface area contributed by atoms with Crippen LogP contribution in [0.2, 0.25) is 5.02 Å². The number of hydrazine groups is 1. The summed E-state index contributed by atoms with van der Waals surface area (Å²) in [6.45, 7) is 7.59. The van der Waals surface area contributed by atoms with Crippen molar-refractivity contribution in [3.05, 3.63) is 52.4 Å². The molecule has 0 radical (unpaired) electrons.